The van der Waals surface area contributed by atoms with Crippen LogP contribution in [0.5, 0.6) is 0 Å². The molecule has 1 N–H and O–H groups in total. The van der Waals surface area contributed by atoms with E-state index in [1.807, 2.05) is 13.8 Å². The molecule has 0 radical (unpaired) electrons. The molecule has 6 nitrogen and oxygen atoms in total. The minimum absolute atomic E-state index is 0.0463. The topological polar surface area (TPSA) is 73.2 Å². The van der Waals surface area contributed by atoms with Crippen molar-refractivity contribution in [1.82, 2.24) is 9.78 Å². The fourth-order valence-electron chi connectivity index (χ4n) is 2.10. The van der Waals surface area contributed by atoms with Crippen molar-refractivity contribution < 1.29 is 18.7 Å². The molecule has 0 unspecified atom stereocenters. The summed E-state index contributed by atoms with van der Waals surface area (Å²) in [5.41, 5.74) is 0.534. The number of nitrogens with one attached hydrogen (secondary N) is 1. The van der Waals surface area contributed by atoms with E-state index in [4.69, 9.17) is 16.3 Å². The molecule has 1 amide bonds. The van der Waals surface area contributed by atoms with Gasteiger partial charge < -0.3 is 10.1 Å². The van der Waals surface area contributed by atoms with Crippen LogP contribution < -0.4 is 5.32 Å². The molecule has 0 fully saturated rings. The van der Waals surface area contributed by atoms with Crippen molar-refractivity contribution >= 4 is 35.4 Å². The summed E-state index contributed by atoms with van der Waals surface area (Å²) in [6, 6.07) is 5.77. The number of ether oxygens (including phenoxy) is 1. The summed E-state index contributed by atoms with van der Waals surface area (Å²) in [7, 11) is 0. The quantitative estimate of drug-likeness (QED) is 0.611. The molecule has 1 aromatic carbocycles. The number of hydrogen-bond acceptors (Lipinski definition) is 4. The van der Waals surface area contributed by atoms with Crippen LogP contribution in [0.4, 0.5) is 10.2 Å². The lowest BCUT2D eigenvalue weighted by molar-refractivity contribution is -0.148. The van der Waals surface area contributed by atoms with Gasteiger partial charge in [0.2, 0.25) is 0 Å². The minimum Gasteiger partial charge on any atom is -0.449 e. The van der Waals surface area contributed by atoms with Gasteiger partial charge in [0.1, 0.15) is 11.6 Å². The van der Waals surface area contributed by atoms with Crippen LogP contribution in [0.15, 0.2) is 36.5 Å². The van der Waals surface area contributed by atoms with Gasteiger partial charge in [0, 0.05) is 18.2 Å². The highest BCUT2D eigenvalue weighted by atomic mass is 35.5. The zero-order valence-corrected chi connectivity index (χ0v) is 15.3. The Bertz CT molecular complexity index is 833. The maximum absolute atomic E-state index is 13.1. The predicted octanol–water partition coefficient (Wildman–Crippen LogP) is 3.84. The molecule has 8 heteroatoms. The number of amides is 1. The van der Waals surface area contributed by atoms with Crippen molar-refractivity contribution in [3.8, 4) is 0 Å². The van der Waals surface area contributed by atoms with Crippen LogP contribution in [0.2, 0.25) is 5.02 Å². The van der Waals surface area contributed by atoms with E-state index in [-0.39, 0.29) is 11.1 Å². The Kier molecular flexibility index (Phi) is 6.52. The van der Waals surface area contributed by atoms with Crippen LogP contribution in [0.25, 0.3) is 6.08 Å². The molecule has 0 saturated carbocycles. The summed E-state index contributed by atoms with van der Waals surface area (Å²) in [6.45, 7) is 5.32. The Labute approximate surface area is 155 Å². The zero-order chi connectivity index (χ0) is 19.3. The van der Waals surface area contributed by atoms with E-state index in [0.717, 1.165) is 6.08 Å². The monoisotopic (exact) mass is 379 g/mol. The third kappa shape index (κ3) is 5.16. The molecule has 0 aliphatic carbocycles. The standard InChI is InChI=1S/C18H19ClFN3O3/c1-11(2)23-16(8-9-21-23)22-18(25)12(3)26-17(24)7-5-13-4-6-15(20)14(19)10-13/h4-12H,1-3H3,(H,22,25)/b7-5+/t12-/m0/s1. The predicted molar refractivity (Wildman–Crippen MR) is 97.2 cm³/mol. The number of esters is 1. The summed E-state index contributed by atoms with van der Waals surface area (Å²) in [5.74, 6) is -1.20. The average molecular weight is 380 g/mol. The molecule has 0 aliphatic rings. The number of benzene rings is 1. The SMILES string of the molecule is CC(C)n1nccc1NC(=O)[C@H](C)OC(=O)/C=C/c1ccc(F)c(Cl)c1. The number of anilines is 1. The lowest BCUT2D eigenvalue weighted by Crippen LogP contribution is -2.30. The minimum atomic E-state index is -1.00. The van der Waals surface area contributed by atoms with E-state index in [1.54, 1.807) is 16.9 Å². The van der Waals surface area contributed by atoms with E-state index in [1.165, 1.54) is 31.2 Å². The van der Waals surface area contributed by atoms with Crippen LogP contribution in [0, 0.1) is 5.82 Å². The molecule has 1 aromatic heterocycles. The molecule has 0 aliphatic heterocycles. The first-order chi connectivity index (χ1) is 12.3. The van der Waals surface area contributed by atoms with Crippen LogP contribution in [-0.4, -0.2) is 27.8 Å². The van der Waals surface area contributed by atoms with Gasteiger partial charge in [0.15, 0.2) is 6.10 Å². The van der Waals surface area contributed by atoms with Gasteiger partial charge >= 0.3 is 5.97 Å². The maximum Gasteiger partial charge on any atom is 0.331 e. The van der Waals surface area contributed by atoms with Gasteiger partial charge in [-0.15, -0.1) is 0 Å². The molecule has 0 spiro atoms. The number of carbonyl (C=O) groups excluding carboxylic acids is 2. The van der Waals surface area contributed by atoms with Gasteiger partial charge in [-0.05, 0) is 44.5 Å². The fraction of sp³-hybridized carbons (Fsp3) is 0.278. The maximum atomic E-state index is 13.1. The lowest BCUT2D eigenvalue weighted by Gasteiger charge is -2.15. The van der Waals surface area contributed by atoms with E-state index in [2.05, 4.69) is 10.4 Å². The summed E-state index contributed by atoms with van der Waals surface area (Å²) in [5, 5.41) is 6.73. The van der Waals surface area contributed by atoms with Gasteiger partial charge in [-0.1, -0.05) is 17.7 Å². The highest BCUT2D eigenvalue weighted by molar-refractivity contribution is 6.30. The normalized spacial score (nSPS) is 12.4. The van der Waals surface area contributed by atoms with Crippen molar-refractivity contribution in [2.24, 2.45) is 0 Å². The van der Waals surface area contributed by atoms with Crippen molar-refractivity contribution in [3.63, 3.8) is 0 Å². The number of carbonyl (C=O) groups is 2. The molecule has 2 rings (SSSR count). The van der Waals surface area contributed by atoms with Crippen LogP contribution >= 0.6 is 11.6 Å². The second-order valence-corrected chi connectivity index (χ2v) is 6.24. The Hall–Kier alpha value is -2.67. The van der Waals surface area contributed by atoms with E-state index < -0.39 is 23.8 Å². The summed E-state index contributed by atoms with van der Waals surface area (Å²) in [4.78, 5) is 24.0. The molecule has 0 bridgehead atoms. The van der Waals surface area contributed by atoms with Gasteiger partial charge in [0.05, 0.1) is 11.2 Å². The molecule has 2 aromatic rings. The first kappa shape index (κ1) is 19.7. The van der Waals surface area contributed by atoms with Crippen molar-refractivity contribution in [3.05, 3.63) is 52.9 Å². The Balaban J connectivity index is 1.93. The second-order valence-electron chi connectivity index (χ2n) is 5.83. The summed E-state index contributed by atoms with van der Waals surface area (Å²) >= 11 is 5.67. The van der Waals surface area contributed by atoms with Gasteiger partial charge in [-0.25, -0.2) is 13.9 Å². The van der Waals surface area contributed by atoms with Crippen LogP contribution in [-0.2, 0) is 14.3 Å². The molecule has 26 heavy (non-hydrogen) atoms. The molecule has 1 heterocycles. The lowest BCUT2D eigenvalue weighted by atomic mass is 10.2. The highest BCUT2D eigenvalue weighted by Gasteiger charge is 2.18. The Morgan fingerprint density at radius 2 is 2.04 bits per heavy atom. The van der Waals surface area contributed by atoms with E-state index >= 15 is 0 Å². The Morgan fingerprint density at radius 3 is 2.69 bits per heavy atom. The largest absolute Gasteiger partial charge is 0.449 e. The average Bonchev–Trinajstić information content (AvgIpc) is 3.04. The number of aromatic nitrogens is 2. The van der Waals surface area contributed by atoms with E-state index in [0.29, 0.717) is 11.4 Å². The third-order valence-electron chi connectivity index (χ3n) is 3.43. The summed E-state index contributed by atoms with van der Waals surface area (Å²) < 4.78 is 19.8. The van der Waals surface area contributed by atoms with Gasteiger partial charge in [-0.2, -0.15) is 5.10 Å². The fourth-order valence-corrected chi connectivity index (χ4v) is 2.29. The number of nitrogens with zero attached hydrogens (tertiary/aromatic N) is 2. The molecular formula is C18H19ClFN3O3. The van der Waals surface area contributed by atoms with Gasteiger partial charge in [-0.3, -0.25) is 4.79 Å². The van der Waals surface area contributed by atoms with Crippen molar-refractivity contribution in [2.45, 2.75) is 32.9 Å². The first-order valence-corrected chi connectivity index (χ1v) is 8.34. The molecule has 138 valence electrons. The van der Waals surface area contributed by atoms with E-state index in [9.17, 15) is 14.0 Å². The van der Waals surface area contributed by atoms with Crippen molar-refractivity contribution in [1.29, 1.82) is 0 Å². The molecule has 1 atom stereocenters. The second kappa shape index (κ2) is 8.62. The first-order valence-electron chi connectivity index (χ1n) is 7.96. The van der Waals surface area contributed by atoms with Gasteiger partial charge in [0.25, 0.3) is 5.91 Å². The number of halogens is 2. The highest BCUT2D eigenvalue weighted by Crippen LogP contribution is 2.17. The zero-order valence-electron chi connectivity index (χ0n) is 14.6. The number of rotatable bonds is 6. The van der Waals surface area contributed by atoms with Crippen LogP contribution in [0.3, 0.4) is 0 Å². The molecule has 0 saturated heterocycles. The number of hydrogen-bond donors (Lipinski definition) is 1. The Morgan fingerprint density at radius 1 is 1.31 bits per heavy atom. The smallest absolute Gasteiger partial charge is 0.331 e. The third-order valence-corrected chi connectivity index (χ3v) is 3.72. The van der Waals surface area contributed by atoms with Crippen LogP contribution in [0.1, 0.15) is 32.4 Å². The molecular weight excluding hydrogens is 361 g/mol. The summed E-state index contributed by atoms with van der Waals surface area (Å²) in [6.07, 6.45) is 3.14. The van der Waals surface area contributed by atoms with Crippen molar-refractivity contribution in [2.75, 3.05) is 5.32 Å².